The van der Waals surface area contributed by atoms with Crippen molar-refractivity contribution in [3.63, 3.8) is 0 Å². The van der Waals surface area contributed by atoms with Crippen LogP contribution in [0.2, 0.25) is 0 Å². The van der Waals surface area contributed by atoms with E-state index >= 15 is 0 Å². The molecule has 0 aliphatic carbocycles. The highest BCUT2D eigenvalue weighted by Gasteiger charge is 2.17. The molecule has 8 nitrogen and oxygen atoms in total. The van der Waals surface area contributed by atoms with Crippen LogP contribution in [0.1, 0.15) is 13.3 Å². The van der Waals surface area contributed by atoms with E-state index in [9.17, 15) is 18.3 Å². The Morgan fingerprint density at radius 2 is 2.28 bits per heavy atom. The van der Waals surface area contributed by atoms with Crippen LogP contribution in [0.4, 0.5) is 0 Å². The van der Waals surface area contributed by atoms with Crippen LogP contribution < -0.4 is 4.72 Å². The molecule has 0 aliphatic heterocycles. The van der Waals surface area contributed by atoms with Crippen LogP contribution in [0.25, 0.3) is 0 Å². The molecule has 0 amide bonds. The second kappa shape index (κ2) is 5.94. The number of sulfonamides is 1. The number of hydrogen-bond donors (Lipinski definition) is 3. The highest BCUT2D eigenvalue weighted by atomic mass is 32.2. The van der Waals surface area contributed by atoms with Crippen LogP contribution >= 0.6 is 0 Å². The molecule has 1 rings (SSSR count). The summed E-state index contributed by atoms with van der Waals surface area (Å²) in [5.41, 5.74) is 0. The van der Waals surface area contributed by atoms with Gasteiger partial charge in [0.1, 0.15) is 11.4 Å². The molecule has 0 aliphatic rings. The van der Waals surface area contributed by atoms with E-state index in [1.54, 1.807) is 6.92 Å². The number of nitrogens with zero attached hydrogens (tertiary/aromatic N) is 2. The molecule has 0 spiro atoms. The first-order valence-electron chi connectivity index (χ1n) is 5.27. The third-order valence-electron chi connectivity index (χ3n) is 2.20. The maximum atomic E-state index is 11.7. The summed E-state index contributed by atoms with van der Waals surface area (Å²) >= 11 is 0. The molecule has 1 unspecified atom stereocenters. The lowest BCUT2D eigenvalue weighted by Gasteiger charge is -2.08. The molecular weight excluding hydrogens is 262 g/mol. The van der Waals surface area contributed by atoms with Crippen LogP contribution in [-0.4, -0.2) is 47.0 Å². The standard InChI is InChI=1S/C9H15N3O5S/c1-2-7(13)3-11-18(16,17)8-4-10-12(5-8)6-9(14)15/h4-5,7,11,13H,2-3,6H2,1H3,(H,14,15). The second-order valence-electron chi connectivity index (χ2n) is 3.68. The van der Waals surface area contributed by atoms with Gasteiger partial charge < -0.3 is 10.2 Å². The molecular formula is C9H15N3O5S. The average Bonchev–Trinajstić information content (AvgIpc) is 2.74. The monoisotopic (exact) mass is 277 g/mol. The van der Waals surface area contributed by atoms with Gasteiger partial charge in [-0.25, -0.2) is 13.1 Å². The first-order valence-corrected chi connectivity index (χ1v) is 6.75. The molecule has 0 bridgehead atoms. The van der Waals surface area contributed by atoms with E-state index in [2.05, 4.69) is 9.82 Å². The number of rotatable bonds is 7. The van der Waals surface area contributed by atoms with E-state index in [0.717, 1.165) is 17.1 Å². The van der Waals surface area contributed by atoms with Gasteiger partial charge in [-0.1, -0.05) is 6.92 Å². The number of aliphatic hydroxyl groups is 1. The number of aliphatic hydroxyl groups excluding tert-OH is 1. The molecule has 1 aromatic heterocycles. The van der Waals surface area contributed by atoms with Crippen molar-refractivity contribution in [2.45, 2.75) is 30.9 Å². The predicted molar refractivity (Wildman–Crippen MR) is 61.3 cm³/mol. The van der Waals surface area contributed by atoms with Crippen LogP contribution in [0.5, 0.6) is 0 Å². The first-order chi connectivity index (χ1) is 8.35. The summed E-state index contributed by atoms with van der Waals surface area (Å²) in [6.45, 7) is 1.22. The van der Waals surface area contributed by atoms with Crippen molar-refractivity contribution in [1.29, 1.82) is 0 Å². The van der Waals surface area contributed by atoms with Gasteiger partial charge in [-0.3, -0.25) is 9.48 Å². The predicted octanol–water partition coefficient (Wildman–Crippen LogP) is -0.983. The van der Waals surface area contributed by atoms with Gasteiger partial charge in [0.15, 0.2) is 0 Å². The Morgan fingerprint density at radius 1 is 1.61 bits per heavy atom. The molecule has 0 aromatic carbocycles. The summed E-state index contributed by atoms with van der Waals surface area (Å²) in [5.74, 6) is -1.11. The SMILES string of the molecule is CCC(O)CNS(=O)(=O)c1cnn(CC(=O)O)c1. The van der Waals surface area contributed by atoms with Crippen LogP contribution in [0.15, 0.2) is 17.3 Å². The number of aliphatic carboxylic acids is 1. The summed E-state index contributed by atoms with van der Waals surface area (Å²) in [6, 6.07) is 0. The minimum atomic E-state index is -3.77. The fourth-order valence-electron chi connectivity index (χ4n) is 1.14. The Kier molecular flexibility index (Phi) is 4.82. The molecule has 1 atom stereocenters. The van der Waals surface area contributed by atoms with Gasteiger partial charge >= 0.3 is 5.97 Å². The van der Waals surface area contributed by atoms with Gasteiger partial charge in [0.05, 0.1) is 12.3 Å². The topological polar surface area (TPSA) is 122 Å². The first kappa shape index (κ1) is 14.6. The maximum absolute atomic E-state index is 11.7. The average molecular weight is 277 g/mol. The molecule has 0 fully saturated rings. The number of aromatic nitrogens is 2. The van der Waals surface area contributed by atoms with Crippen molar-refractivity contribution < 1.29 is 23.4 Å². The largest absolute Gasteiger partial charge is 0.480 e. The van der Waals surface area contributed by atoms with Crippen molar-refractivity contribution >= 4 is 16.0 Å². The number of carbonyl (C=O) groups is 1. The van der Waals surface area contributed by atoms with Crippen molar-refractivity contribution in [3.8, 4) is 0 Å². The molecule has 18 heavy (non-hydrogen) atoms. The van der Waals surface area contributed by atoms with Gasteiger partial charge in [0, 0.05) is 12.7 Å². The molecule has 0 saturated carbocycles. The minimum Gasteiger partial charge on any atom is -0.480 e. The Hall–Kier alpha value is -1.45. The van der Waals surface area contributed by atoms with E-state index in [1.807, 2.05) is 0 Å². The molecule has 3 N–H and O–H groups in total. The van der Waals surface area contributed by atoms with E-state index in [4.69, 9.17) is 5.11 Å². The summed E-state index contributed by atoms with van der Waals surface area (Å²) in [6.07, 6.45) is 1.85. The summed E-state index contributed by atoms with van der Waals surface area (Å²) in [5, 5.41) is 21.4. The minimum absolute atomic E-state index is 0.0943. The lowest BCUT2D eigenvalue weighted by atomic mass is 10.3. The van der Waals surface area contributed by atoms with Gasteiger partial charge in [-0.15, -0.1) is 0 Å². The number of hydrogen-bond acceptors (Lipinski definition) is 5. The third-order valence-corrected chi connectivity index (χ3v) is 3.58. The highest BCUT2D eigenvalue weighted by molar-refractivity contribution is 7.89. The zero-order valence-electron chi connectivity index (χ0n) is 9.78. The van der Waals surface area contributed by atoms with E-state index < -0.39 is 28.6 Å². The van der Waals surface area contributed by atoms with Gasteiger partial charge in [-0.2, -0.15) is 5.10 Å². The smallest absolute Gasteiger partial charge is 0.325 e. The normalized spacial score (nSPS) is 13.4. The quantitative estimate of drug-likeness (QED) is 0.588. The van der Waals surface area contributed by atoms with Crippen LogP contribution in [-0.2, 0) is 21.4 Å². The Labute approximate surface area is 104 Å². The number of nitrogens with one attached hydrogen (secondary N) is 1. The fraction of sp³-hybridized carbons (Fsp3) is 0.556. The lowest BCUT2D eigenvalue weighted by Crippen LogP contribution is -2.31. The van der Waals surface area contributed by atoms with Gasteiger partial charge in [0.25, 0.3) is 0 Å². The van der Waals surface area contributed by atoms with E-state index in [0.29, 0.717) is 6.42 Å². The Balaban J connectivity index is 2.73. The molecule has 1 heterocycles. The van der Waals surface area contributed by atoms with Gasteiger partial charge in [0.2, 0.25) is 10.0 Å². The molecule has 1 aromatic rings. The second-order valence-corrected chi connectivity index (χ2v) is 5.45. The fourth-order valence-corrected chi connectivity index (χ4v) is 2.17. The number of carboxylic acids is 1. The zero-order valence-corrected chi connectivity index (χ0v) is 10.6. The zero-order chi connectivity index (χ0) is 13.8. The molecule has 102 valence electrons. The van der Waals surface area contributed by atoms with Crippen molar-refractivity contribution in [2.24, 2.45) is 0 Å². The molecule has 9 heteroatoms. The Bertz CT molecular complexity index is 510. The van der Waals surface area contributed by atoms with Gasteiger partial charge in [-0.05, 0) is 6.42 Å². The van der Waals surface area contributed by atoms with E-state index in [-0.39, 0.29) is 11.4 Å². The summed E-state index contributed by atoms with van der Waals surface area (Å²) in [4.78, 5) is 10.3. The Morgan fingerprint density at radius 3 is 2.83 bits per heavy atom. The van der Waals surface area contributed by atoms with Crippen LogP contribution in [0.3, 0.4) is 0 Å². The summed E-state index contributed by atoms with van der Waals surface area (Å²) in [7, 11) is -3.77. The van der Waals surface area contributed by atoms with Crippen LogP contribution in [0, 0.1) is 0 Å². The number of carboxylic acid groups (broad SMARTS) is 1. The maximum Gasteiger partial charge on any atom is 0.325 e. The van der Waals surface area contributed by atoms with Crippen molar-refractivity contribution in [2.75, 3.05) is 6.54 Å². The highest BCUT2D eigenvalue weighted by Crippen LogP contribution is 2.07. The summed E-state index contributed by atoms with van der Waals surface area (Å²) < 4.78 is 26.7. The molecule has 0 radical (unpaired) electrons. The third kappa shape index (κ3) is 4.09. The van der Waals surface area contributed by atoms with Crippen molar-refractivity contribution in [3.05, 3.63) is 12.4 Å². The van der Waals surface area contributed by atoms with Crippen molar-refractivity contribution in [1.82, 2.24) is 14.5 Å². The molecule has 0 saturated heterocycles. The van der Waals surface area contributed by atoms with E-state index in [1.165, 1.54) is 0 Å². The lowest BCUT2D eigenvalue weighted by molar-refractivity contribution is -0.137.